The molecule has 1 N–H and O–H groups in total. The normalized spacial score (nSPS) is 10.1. The molecule has 0 amide bonds. The van der Waals surface area contributed by atoms with Gasteiger partial charge in [0.15, 0.2) is 0 Å². The van der Waals surface area contributed by atoms with Gasteiger partial charge >= 0.3 is 11.9 Å². The van der Waals surface area contributed by atoms with Crippen molar-refractivity contribution in [3.05, 3.63) is 36.2 Å². The number of hydrogen-bond donors (Lipinski definition) is 1. The number of rotatable bonds is 3. The summed E-state index contributed by atoms with van der Waals surface area (Å²) in [6, 6.07) is 1.33. The Morgan fingerprint density at radius 2 is 2.22 bits per heavy atom. The number of hydrogen-bond acceptors (Lipinski definition) is 6. The lowest BCUT2D eigenvalue weighted by molar-refractivity contribution is 0.0586. The number of aromatic nitrogens is 4. The SMILES string of the molecule is COC(=O)c1ncn(-c2cnccc2C(=O)O)n1. The first-order valence-electron chi connectivity index (χ1n) is 4.81. The van der Waals surface area contributed by atoms with Crippen LogP contribution >= 0.6 is 0 Å². The number of methoxy groups -OCH3 is 1. The van der Waals surface area contributed by atoms with E-state index in [-0.39, 0.29) is 17.1 Å². The average molecular weight is 248 g/mol. The summed E-state index contributed by atoms with van der Waals surface area (Å²) in [5.74, 6) is -1.98. The lowest BCUT2D eigenvalue weighted by Gasteiger charge is -2.03. The third kappa shape index (κ3) is 2.03. The second kappa shape index (κ2) is 4.62. The smallest absolute Gasteiger partial charge is 0.377 e. The molecule has 8 nitrogen and oxygen atoms in total. The van der Waals surface area contributed by atoms with Crippen LogP contribution in [0.3, 0.4) is 0 Å². The first-order chi connectivity index (χ1) is 8.63. The molecule has 0 spiro atoms. The third-order valence-electron chi connectivity index (χ3n) is 2.14. The van der Waals surface area contributed by atoms with Gasteiger partial charge in [0, 0.05) is 6.20 Å². The summed E-state index contributed by atoms with van der Waals surface area (Å²) in [6.45, 7) is 0. The number of carbonyl (C=O) groups is 2. The number of aromatic carboxylic acids is 1. The van der Waals surface area contributed by atoms with Crippen molar-refractivity contribution in [2.75, 3.05) is 7.11 Å². The van der Waals surface area contributed by atoms with Crippen molar-refractivity contribution in [3.63, 3.8) is 0 Å². The number of esters is 1. The van der Waals surface area contributed by atoms with Crippen molar-refractivity contribution >= 4 is 11.9 Å². The Morgan fingerprint density at radius 3 is 2.89 bits per heavy atom. The Labute approximate surface area is 101 Å². The molecule has 2 rings (SSSR count). The zero-order valence-corrected chi connectivity index (χ0v) is 9.27. The van der Waals surface area contributed by atoms with Gasteiger partial charge in [-0.2, -0.15) is 0 Å². The Hall–Kier alpha value is -2.77. The van der Waals surface area contributed by atoms with Crippen molar-refractivity contribution in [3.8, 4) is 5.69 Å². The molecule has 0 aliphatic carbocycles. The number of carboxylic acids is 1. The van der Waals surface area contributed by atoms with E-state index in [2.05, 4.69) is 19.8 Å². The maximum Gasteiger partial charge on any atom is 0.377 e. The zero-order valence-electron chi connectivity index (χ0n) is 9.27. The van der Waals surface area contributed by atoms with Gasteiger partial charge in [-0.25, -0.2) is 19.3 Å². The lowest BCUT2D eigenvalue weighted by atomic mass is 10.2. The predicted molar refractivity (Wildman–Crippen MR) is 57.5 cm³/mol. The standard InChI is InChI=1S/C10H8N4O4/c1-18-10(17)8-12-5-14(13-8)7-4-11-3-2-6(7)9(15)16/h2-5H,1H3,(H,15,16). The molecule has 18 heavy (non-hydrogen) atoms. The summed E-state index contributed by atoms with van der Waals surface area (Å²) in [7, 11) is 1.20. The number of nitrogens with zero attached hydrogens (tertiary/aromatic N) is 4. The molecule has 0 atom stereocenters. The molecular formula is C10H8N4O4. The number of carbonyl (C=O) groups excluding carboxylic acids is 1. The van der Waals surface area contributed by atoms with E-state index in [1.165, 1.54) is 31.9 Å². The van der Waals surface area contributed by atoms with E-state index in [0.717, 1.165) is 4.68 Å². The molecule has 0 radical (unpaired) electrons. The summed E-state index contributed by atoms with van der Waals surface area (Å²) < 4.78 is 5.61. The van der Waals surface area contributed by atoms with Crippen LogP contribution in [0.2, 0.25) is 0 Å². The van der Waals surface area contributed by atoms with Crippen LogP contribution in [0.5, 0.6) is 0 Å². The molecule has 8 heteroatoms. The van der Waals surface area contributed by atoms with Gasteiger partial charge in [0.25, 0.3) is 5.82 Å². The van der Waals surface area contributed by atoms with E-state index in [1.807, 2.05) is 0 Å². The summed E-state index contributed by atoms with van der Waals surface area (Å²) in [5.41, 5.74) is 0.221. The fraction of sp³-hybridized carbons (Fsp3) is 0.100. The molecule has 0 aliphatic heterocycles. The monoisotopic (exact) mass is 248 g/mol. The van der Waals surface area contributed by atoms with Crippen LogP contribution in [0.25, 0.3) is 5.69 Å². The van der Waals surface area contributed by atoms with E-state index >= 15 is 0 Å². The molecule has 2 aromatic heterocycles. The van der Waals surface area contributed by atoms with Crippen LogP contribution in [-0.2, 0) is 4.74 Å². The molecule has 0 saturated heterocycles. The molecule has 92 valence electrons. The van der Waals surface area contributed by atoms with Gasteiger partial charge in [-0.15, -0.1) is 5.10 Å². The minimum atomic E-state index is -1.12. The molecule has 2 aromatic rings. The highest BCUT2D eigenvalue weighted by Gasteiger charge is 2.16. The molecule has 2 heterocycles. The van der Waals surface area contributed by atoms with E-state index in [1.54, 1.807) is 0 Å². The van der Waals surface area contributed by atoms with Gasteiger partial charge in [-0.3, -0.25) is 4.98 Å². The van der Waals surface area contributed by atoms with Gasteiger partial charge in [0.1, 0.15) is 6.33 Å². The third-order valence-corrected chi connectivity index (χ3v) is 2.14. The van der Waals surface area contributed by atoms with Crippen molar-refractivity contribution < 1.29 is 19.4 Å². The topological polar surface area (TPSA) is 107 Å². The van der Waals surface area contributed by atoms with Gasteiger partial charge < -0.3 is 9.84 Å². The summed E-state index contributed by atoms with van der Waals surface area (Å²) in [4.78, 5) is 29.7. The van der Waals surface area contributed by atoms with E-state index in [4.69, 9.17) is 5.11 Å². The summed E-state index contributed by atoms with van der Waals surface area (Å²) in [6.07, 6.45) is 3.89. The fourth-order valence-electron chi connectivity index (χ4n) is 1.31. The maximum atomic E-state index is 11.2. The van der Waals surface area contributed by atoms with Crippen molar-refractivity contribution in [1.29, 1.82) is 0 Å². The van der Waals surface area contributed by atoms with Crippen LogP contribution in [0.4, 0.5) is 0 Å². The van der Waals surface area contributed by atoms with Gasteiger partial charge in [-0.1, -0.05) is 0 Å². The van der Waals surface area contributed by atoms with E-state index in [0.29, 0.717) is 0 Å². The molecule has 0 aromatic carbocycles. The Kier molecular flexibility index (Phi) is 3.00. The van der Waals surface area contributed by atoms with Gasteiger partial charge in [-0.05, 0) is 6.07 Å². The van der Waals surface area contributed by atoms with Crippen LogP contribution in [0, 0.1) is 0 Å². The minimum absolute atomic E-state index is 0.00585. The summed E-state index contributed by atoms with van der Waals surface area (Å²) in [5, 5.41) is 12.8. The first-order valence-corrected chi connectivity index (χ1v) is 4.81. The van der Waals surface area contributed by atoms with Crippen LogP contribution in [0.15, 0.2) is 24.8 Å². The average Bonchev–Trinajstić information content (AvgIpc) is 2.87. The Morgan fingerprint density at radius 1 is 1.44 bits per heavy atom. The molecular weight excluding hydrogens is 240 g/mol. The van der Waals surface area contributed by atoms with Crippen LogP contribution in [0.1, 0.15) is 21.0 Å². The number of ether oxygens (including phenoxy) is 1. The van der Waals surface area contributed by atoms with E-state index < -0.39 is 11.9 Å². The van der Waals surface area contributed by atoms with E-state index in [9.17, 15) is 9.59 Å². The minimum Gasteiger partial charge on any atom is -0.478 e. The van der Waals surface area contributed by atoms with Crippen molar-refractivity contribution in [2.24, 2.45) is 0 Å². The lowest BCUT2D eigenvalue weighted by Crippen LogP contribution is -2.08. The second-order valence-electron chi connectivity index (χ2n) is 3.20. The van der Waals surface area contributed by atoms with Crippen LogP contribution in [-0.4, -0.2) is 43.9 Å². The quantitative estimate of drug-likeness (QED) is 0.770. The highest BCUT2D eigenvalue weighted by atomic mass is 16.5. The largest absolute Gasteiger partial charge is 0.478 e. The maximum absolute atomic E-state index is 11.2. The Bertz CT molecular complexity index is 607. The molecule has 0 saturated carbocycles. The molecule has 0 unspecified atom stereocenters. The zero-order chi connectivity index (χ0) is 13.1. The van der Waals surface area contributed by atoms with Gasteiger partial charge in [0.2, 0.25) is 0 Å². The molecule has 0 bridgehead atoms. The second-order valence-corrected chi connectivity index (χ2v) is 3.20. The number of pyridine rings is 1. The highest BCUT2D eigenvalue weighted by molar-refractivity contribution is 5.91. The molecule has 0 fully saturated rings. The molecule has 0 aliphatic rings. The van der Waals surface area contributed by atoms with Gasteiger partial charge in [0.05, 0.1) is 24.6 Å². The first kappa shape index (κ1) is 11.7. The van der Waals surface area contributed by atoms with Crippen molar-refractivity contribution in [1.82, 2.24) is 19.7 Å². The fourth-order valence-corrected chi connectivity index (χ4v) is 1.31. The summed E-state index contributed by atoms with van der Waals surface area (Å²) >= 11 is 0. The van der Waals surface area contributed by atoms with Crippen molar-refractivity contribution in [2.45, 2.75) is 0 Å². The Balaban J connectivity index is 2.46. The number of carboxylic acid groups (broad SMARTS) is 1. The van der Waals surface area contributed by atoms with Crippen LogP contribution < -0.4 is 0 Å². The predicted octanol–water partition coefficient (Wildman–Crippen LogP) is 0.147. The highest BCUT2D eigenvalue weighted by Crippen LogP contribution is 2.11.